The second-order valence-electron chi connectivity index (χ2n) is 9.03. The van der Waals surface area contributed by atoms with Gasteiger partial charge in [-0.3, -0.25) is 4.72 Å². The van der Waals surface area contributed by atoms with Crippen LogP contribution in [0, 0.1) is 26.7 Å². The van der Waals surface area contributed by atoms with Crippen molar-refractivity contribution in [3.05, 3.63) is 70.5 Å². The topological polar surface area (TPSA) is 59.3 Å². The molecule has 160 valence electrons. The Morgan fingerprint density at radius 2 is 1.65 bits per heavy atom. The zero-order valence-electron chi connectivity index (χ0n) is 18.4. The molecule has 5 rings (SSSR count). The number of nitrogens with one attached hydrogen (secondary N) is 1. The minimum absolute atomic E-state index is 0.352. The van der Waals surface area contributed by atoms with Gasteiger partial charge in [-0.2, -0.15) is 0 Å². The van der Waals surface area contributed by atoms with E-state index < -0.39 is 10.0 Å². The normalized spacial score (nSPS) is 16.6. The summed E-state index contributed by atoms with van der Waals surface area (Å²) in [6.07, 6.45) is 3.02. The third-order valence-corrected chi connectivity index (χ3v) is 8.09. The fraction of sp³-hybridized carbons (Fsp3) is 0.308. The smallest absolute Gasteiger partial charge is 0.262 e. The summed E-state index contributed by atoms with van der Waals surface area (Å²) in [7, 11) is -3.75. The molecular weight excluding hydrogens is 406 g/mol. The first-order chi connectivity index (χ1) is 14.7. The van der Waals surface area contributed by atoms with Crippen molar-refractivity contribution in [2.24, 2.45) is 5.92 Å². The van der Waals surface area contributed by atoms with Crippen molar-refractivity contribution in [2.75, 3.05) is 4.72 Å². The van der Waals surface area contributed by atoms with E-state index in [1.54, 1.807) is 0 Å². The number of sulfonamides is 1. The van der Waals surface area contributed by atoms with Gasteiger partial charge in [0.2, 0.25) is 0 Å². The van der Waals surface area contributed by atoms with Crippen LogP contribution in [-0.2, 0) is 22.9 Å². The third kappa shape index (κ3) is 3.32. The summed E-state index contributed by atoms with van der Waals surface area (Å²) in [5.41, 5.74) is 5.25. The van der Waals surface area contributed by atoms with Crippen LogP contribution in [0.2, 0.25) is 0 Å². The summed E-state index contributed by atoms with van der Waals surface area (Å²) >= 11 is 0. The average molecular weight is 434 g/mol. The van der Waals surface area contributed by atoms with E-state index in [1.807, 2.05) is 63.2 Å². The van der Waals surface area contributed by atoms with Gasteiger partial charge in [-0.05, 0) is 56.7 Å². The lowest BCUT2D eigenvalue weighted by atomic mass is 9.88. The average Bonchev–Trinajstić information content (AvgIpc) is 3.04. The Morgan fingerprint density at radius 3 is 2.35 bits per heavy atom. The number of fused-ring (bicyclic) bond motifs is 5. The minimum atomic E-state index is -3.75. The fourth-order valence-corrected chi connectivity index (χ4v) is 6.66. The van der Waals surface area contributed by atoms with Gasteiger partial charge in [0.1, 0.15) is 11.3 Å². The molecule has 31 heavy (non-hydrogen) atoms. The molecule has 1 aromatic heterocycles. The lowest BCUT2D eigenvalue weighted by molar-refractivity contribution is 0.427. The molecule has 0 radical (unpaired) electrons. The molecule has 4 aromatic rings. The van der Waals surface area contributed by atoms with Gasteiger partial charge in [-0.15, -0.1) is 0 Å². The van der Waals surface area contributed by atoms with Crippen LogP contribution in [0.25, 0.3) is 21.7 Å². The molecule has 1 heterocycles. The molecular formula is C26H27NO3S. The number of furan rings is 1. The number of anilines is 1. The molecule has 1 unspecified atom stereocenters. The molecule has 1 aliphatic carbocycles. The number of hydrogen-bond acceptors (Lipinski definition) is 3. The summed E-state index contributed by atoms with van der Waals surface area (Å²) in [6.45, 7) is 7.93. The van der Waals surface area contributed by atoms with E-state index >= 15 is 0 Å². The SMILES string of the molecule is Cc1cc(C)c(S(=O)(=O)Nc2cc3c4c(oc3c3ccccc23)CC(C)CC4)c(C)c1. The molecule has 0 aliphatic heterocycles. The van der Waals surface area contributed by atoms with Crippen LogP contribution in [0.1, 0.15) is 41.4 Å². The van der Waals surface area contributed by atoms with Crippen molar-refractivity contribution >= 4 is 37.5 Å². The Balaban J connectivity index is 1.71. The van der Waals surface area contributed by atoms with Gasteiger partial charge in [0, 0.05) is 28.1 Å². The molecule has 0 saturated carbocycles. The van der Waals surface area contributed by atoms with E-state index in [4.69, 9.17) is 4.42 Å². The van der Waals surface area contributed by atoms with Crippen molar-refractivity contribution in [1.29, 1.82) is 0 Å². The van der Waals surface area contributed by atoms with Gasteiger partial charge in [-0.25, -0.2) is 8.42 Å². The van der Waals surface area contributed by atoms with Crippen LogP contribution >= 0.6 is 0 Å². The van der Waals surface area contributed by atoms with E-state index in [1.165, 1.54) is 5.56 Å². The van der Waals surface area contributed by atoms with E-state index in [0.29, 0.717) is 16.5 Å². The molecule has 3 aromatic carbocycles. The molecule has 1 N–H and O–H groups in total. The van der Waals surface area contributed by atoms with Crippen molar-refractivity contribution < 1.29 is 12.8 Å². The monoisotopic (exact) mass is 433 g/mol. The quantitative estimate of drug-likeness (QED) is 0.405. The first-order valence-electron chi connectivity index (χ1n) is 10.8. The lowest BCUT2D eigenvalue weighted by Gasteiger charge is -2.17. The van der Waals surface area contributed by atoms with Crippen molar-refractivity contribution in [1.82, 2.24) is 0 Å². The first kappa shape index (κ1) is 20.1. The maximum absolute atomic E-state index is 13.5. The van der Waals surface area contributed by atoms with Crippen LogP contribution < -0.4 is 4.72 Å². The van der Waals surface area contributed by atoms with Crippen molar-refractivity contribution in [3.8, 4) is 0 Å². The zero-order valence-corrected chi connectivity index (χ0v) is 19.2. The molecule has 1 atom stereocenters. The fourth-order valence-electron chi connectivity index (χ4n) is 5.14. The summed E-state index contributed by atoms with van der Waals surface area (Å²) in [4.78, 5) is 0.352. The number of hydrogen-bond donors (Lipinski definition) is 1. The minimum Gasteiger partial charge on any atom is -0.460 e. The van der Waals surface area contributed by atoms with Crippen LogP contribution in [-0.4, -0.2) is 8.42 Å². The second-order valence-corrected chi connectivity index (χ2v) is 10.7. The molecule has 5 heteroatoms. The molecule has 0 bridgehead atoms. The first-order valence-corrected chi connectivity index (χ1v) is 12.3. The Hall–Kier alpha value is -2.79. The molecule has 0 spiro atoms. The third-order valence-electron chi connectivity index (χ3n) is 6.42. The summed E-state index contributed by atoms with van der Waals surface area (Å²) in [5, 5.41) is 2.81. The van der Waals surface area contributed by atoms with E-state index in [-0.39, 0.29) is 0 Å². The molecule has 0 saturated heterocycles. The summed E-state index contributed by atoms with van der Waals surface area (Å²) in [6, 6.07) is 13.7. The lowest BCUT2D eigenvalue weighted by Crippen LogP contribution is -2.16. The molecule has 1 aliphatic rings. The highest BCUT2D eigenvalue weighted by atomic mass is 32.2. The zero-order chi connectivity index (χ0) is 21.9. The summed E-state index contributed by atoms with van der Waals surface area (Å²) < 4.78 is 36.2. The predicted molar refractivity (Wildman–Crippen MR) is 126 cm³/mol. The summed E-state index contributed by atoms with van der Waals surface area (Å²) in [5.74, 6) is 1.65. The van der Waals surface area contributed by atoms with Gasteiger partial charge in [0.05, 0.1) is 10.6 Å². The highest BCUT2D eigenvalue weighted by Gasteiger charge is 2.26. The molecule has 0 amide bonds. The maximum Gasteiger partial charge on any atom is 0.262 e. The van der Waals surface area contributed by atoms with Gasteiger partial charge < -0.3 is 4.42 Å². The highest BCUT2D eigenvalue weighted by Crippen LogP contribution is 2.41. The Labute approximate surface area is 183 Å². The van der Waals surface area contributed by atoms with Gasteiger partial charge >= 0.3 is 0 Å². The maximum atomic E-state index is 13.5. The Kier molecular flexibility index (Phi) is 4.63. The second kappa shape index (κ2) is 7.13. The number of benzene rings is 3. The van der Waals surface area contributed by atoms with Gasteiger partial charge in [-0.1, -0.05) is 48.9 Å². The molecule has 0 fully saturated rings. The van der Waals surface area contributed by atoms with Crippen LogP contribution in [0.5, 0.6) is 0 Å². The van der Waals surface area contributed by atoms with Gasteiger partial charge in [0.25, 0.3) is 10.0 Å². The Morgan fingerprint density at radius 1 is 0.968 bits per heavy atom. The van der Waals surface area contributed by atoms with Crippen LogP contribution in [0.4, 0.5) is 5.69 Å². The predicted octanol–water partition coefficient (Wildman–Crippen LogP) is 6.44. The van der Waals surface area contributed by atoms with Crippen LogP contribution in [0.3, 0.4) is 0 Å². The number of rotatable bonds is 3. The standard InChI is InChI=1S/C26H27NO3S/c1-15-9-10-20-22-14-23(19-7-5-6-8-21(19)25(22)30-24(20)13-15)27-31(28,29)26-17(3)11-16(2)12-18(26)4/h5-8,11-12,14-15,27H,9-10,13H2,1-4H3. The Bertz CT molecular complexity index is 1420. The van der Waals surface area contributed by atoms with Gasteiger partial charge in [0.15, 0.2) is 0 Å². The largest absolute Gasteiger partial charge is 0.460 e. The van der Waals surface area contributed by atoms with E-state index in [2.05, 4.69) is 11.6 Å². The molecule has 4 nitrogen and oxygen atoms in total. The number of aryl methyl sites for hydroxylation is 4. The van der Waals surface area contributed by atoms with E-state index in [0.717, 1.165) is 63.5 Å². The van der Waals surface area contributed by atoms with Crippen molar-refractivity contribution in [2.45, 2.75) is 51.9 Å². The van der Waals surface area contributed by atoms with Crippen LogP contribution in [0.15, 0.2) is 51.8 Å². The van der Waals surface area contributed by atoms with Crippen molar-refractivity contribution in [3.63, 3.8) is 0 Å². The van der Waals surface area contributed by atoms with E-state index in [9.17, 15) is 8.42 Å². The highest BCUT2D eigenvalue weighted by molar-refractivity contribution is 7.92.